The molecule has 0 atom stereocenters. The van der Waals surface area contributed by atoms with Gasteiger partial charge in [0.25, 0.3) is 5.91 Å². The van der Waals surface area contributed by atoms with Gasteiger partial charge in [0, 0.05) is 18.7 Å². The molecule has 2 amide bonds. The minimum Gasteiger partial charge on any atom is -0.461 e. The summed E-state index contributed by atoms with van der Waals surface area (Å²) in [5.74, 6) is 0.924. The largest absolute Gasteiger partial charge is 0.461 e. The Morgan fingerprint density at radius 1 is 1.07 bits per heavy atom. The van der Waals surface area contributed by atoms with E-state index in [0.29, 0.717) is 17.3 Å². The minimum absolute atomic E-state index is 0.144. The fourth-order valence-corrected chi connectivity index (χ4v) is 2.63. The molecule has 8 nitrogen and oxygen atoms in total. The van der Waals surface area contributed by atoms with Crippen LogP contribution in [0.2, 0.25) is 0 Å². The SMILES string of the molecule is O=C(CCNC(=O)c1ccco1)Nc1ccc2nc(-c3ccco3)[nH]c2c1. The van der Waals surface area contributed by atoms with Crippen LogP contribution in [0.25, 0.3) is 22.6 Å². The minimum atomic E-state index is -0.350. The van der Waals surface area contributed by atoms with E-state index < -0.39 is 0 Å². The first kappa shape index (κ1) is 16.6. The first-order chi connectivity index (χ1) is 13.2. The van der Waals surface area contributed by atoms with Crippen LogP contribution < -0.4 is 10.6 Å². The molecule has 136 valence electrons. The number of nitrogens with zero attached hydrogens (tertiary/aromatic N) is 1. The summed E-state index contributed by atoms with van der Waals surface area (Å²) in [6.45, 7) is 0.209. The normalized spacial score (nSPS) is 10.8. The third kappa shape index (κ3) is 3.74. The summed E-state index contributed by atoms with van der Waals surface area (Å²) in [4.78, 5) is 31.4. The Morgan fingerprint density at radius 3 is 2.70 bits per heavy atom. The second-order valence-corrected chi connectivity index (χ2v) is 5.83. The molecule has 0 bridgehead atoms. The third-order valence-corrected chi connectivity index (χ3v) is 3.90. The molecule has 0 aliphatic heterocycles. The number of aromatic nitrogens is 2. The maximum absolute atomic E-state index is 12.1. The van der Waals surface area contributed by atoms with Crippen molar-refractivity contribution in [2.75, 3.05) is 11.9 Å². The van der Waals surface area contributed by atoms with E-state index in [2.05, 4.69) is 20.6 Å². The third-order valence-electron chi connectivity index (χ3n) is 3.90. The molecule has 8 heteroatoms. The molecule has 0 aliphatic carbocycles. The molecule has 4 rings (SSSR count). The van der Waals surface area contributed by atoms with E-state index in [4.69, 9.17) is 8.83 Å². The molecule has 3 aromatic heterocycles. The van der Waals surface area contributed by atoms with Gasteiger partial charge in [0.15, 0.2) is 17.3 Å². The standard InChI is InChI=1S/C19H16N4O4/c24-17(7-8-20-19(25)16-4-2-10-27-16)21-12-5-6-13-14(11-12)23-18(22-13)15-3-1-9-26-15/h1-6,9-11H,7-8H2,(H,20,25)(H,21,24)(H,22,23). The lowest BCUT2D eigenvalue weighted by Crippen LogP contribution is -2.27. The lowest BCUT2D eigenvalue weighted by molar-refractivity contribution is -0.116. The lowest BCUT2D eigenvalue weighted by atomic mass is 10.2. The zero-order valence-corrected chi connectivity index (χ0v) is 14.2. The van der Waals surface area contributed by atoms with Crippen LogP contribution in [-0.4, -0.2) is 28.3 Å². The maximum atomic E-state index is 12.1. The number of rotatable bonds is 6. The molecule has 4 aromatic rings. The van der Waals surface area contributed by atoms with Crippen LogP contribution in [0.15, 0.2) is 63.8 Å². The highest BCUT2D eigenvalue weighted by Crippen LogP contribution is 2.23. The lowest BCUT2D eigenvalue weighted by Gasteiger charge is -2.06. The highest BCUT2D eigenvalue weighted by molar-refractivity contribution is 5.94. The Kier molecular flexibility index (Phi) is 4.44. The molecule has 0 radical (unpaired) electrons. The predicted molar refractivity (Wildman–Crippen MR) is 98.1 cm³/mol. The van der Waals surface area contributed by atoms with Gasteiger partial charge in [-0.3, -0.25) is 9.59 Å². The van der Waals surface area contributed by atoms with E-state index in [1.165, 1.54) is 6.26 Å². The number of carbonyl (C=O) groups is 2. The van der Waals surface area contributed by atoms with Gasteiger partial charge in [0.2, 0.25) is 5.91 Å². The zero-order valence-electron chi connectivity index (χ0n) is 14.2. The van der Waals surface area contributed by atoms with E-state index >= 15 is 0 Å². The second kappa shape index (κ2) is 7.20. The smallest absolute Gasteiger partial charge is 0.286 e. The van der Waals surface area contributed by atoms with Crippen LogP contribution in [0, 0.1) is 0 Å². The number of hydrogen-bond acceptors (Lipinski definition) is 5. The van der Waals surface area contributed by atoms with Gasteiger partial charge in [-0.25, -0.2) is 4.98 Å². The summed E-state index contributed by atoms with van der Waals surface area (Å²) >= 11 is 0. The van der Waals surface area contributed by atoms with Crippen molar-refractivity contribution >= 4 is 28.5 Å². The van der Waals surface area contributed by atoms with Crippen LogP contribution in [0.1, 0.15) is 17.0 Å². The molecule has 0 saturated carbocycles. The van der Waals surface area contributed by atoms with Gasteiger partial charge in [0.1, 0.15) is 0 Å². The summed E-state index contributed by atoms with van der Waals surface area (Å²) in [7, 11) is 0. The second-order valence-electron chi connectivity index (χ2n) is 5.83. The van der Waals surface area contributed by atoms with Gasteiger partial charge in [-0.2, -0.15) is 0 Å². The number of amides is 2. The molecule has 3 heterocycles. The summed E-state index contributed by atoms with van der Waals surface area (Å²) in [5.41, 5.74) is 2.19. The Morgan fingerprint density at radius 2 is 1.93 bits per heavy atom. The summed E-state index contributed by atoms with van der Waals surface area (Å²) in [5, 5.41) is 5.43. The van der Waals surface area contributed by atoms with Crippen molar-refractivity contribution in [3.8, 4) is 11.6 Å². The Labute approximate surface area is 153 Å². The summed E-state index contributed by atoms with van der Waals surface area (Å²) in [6, 6.07) is 12.2. The number of furan rings is 2. The van der Waals surface area contributed by atoms with E-state index in [0.717, 1.165) is 11.0 Å². The highest BCUT2D eigenvalue weighted by Gasteiger charge is 2.11. The number of fused-ring (bicyclic) bond motifs is 1. The van der Waals surface area contributed by atoms with Gasteiger partial charge >= 0.3 is 0 Å². The Balaban J connectivity index is 1.35. The number of imidazole rings is 1. The number of carbonyl (C=O) groups excluding carboxylic acids is 2. The summed E-state index contributed by atoms with van der Waals surface area (Å²) in [6.07, 6.45) is 3.15. The van der Waals surface area contributed by atoms with Gasteiger partial charge in [-0.1, -0.05) is 0 Å². The average molecular weight is 364 g/mol. The van der Waals surface area contributed by atoms with Gasteiger partial charge in [0.05, 0.1) is 23.6 Å². The van der Waals surface area contributed by atoms with Crippen LogP contribution >= 0.6 is 0 Å². The van der Waals surface area contributed by atoms with E-state index in [-0.39, 0.29) is 30.5 Å². The topological polar surface area (TPSA) is 113 Å². The number of hydrogen-bond donors (Lipinski definition) is 3. The summed E-state index contributed by atoms with van der Waals surface area (Å²) < 4.78 is 10.3. The van der Waals surface area contributed by atoms with Crippen molar-refractivity contribution < 1.29 is 18.4 Å². The predicted octanol–water partition coefficient (Wildman–Crippen LogP) is 3.17. The van der Waals surface area contributed by atoms with Crippen molar-refractivity contribution in [3.05, 3.63) is 60.8 Å². The molecule has 0 unspecified atom stereocenters. The van der Waals surface area contributed by atoms with E-state index in [1.54, 1.807) is 36.6 Å². The van der Waals surface area contributed by atoms with Crippen molar-refractivity contribution in [2.45, 2.75) is 6.42 Å². The number of anilines is 1. The molecule has 1 aromatic carbocycles. The fourth-order valence-electron chi connectivity index (χ4n) is 2.63. The molecular weight excluding hydrogens is 348 g/mol. The molecular formula is C19H16N4O4. The first-order valence-electron chi connectivity index (χ1n) is 8.34. The van der Waals surface area contributed by atoms with Crippen LogP contribution in [-0.2, 0) is 4.79 Å². The van der Waals surface area contributed by atoms with Crippen LogP contribution in [0.3, 0.4) is 0 Å². The Bertz CT molecular complexity index is 1060. The van der Waals surface area contributed by atoms with Gasteiger partial charge in [-0.15, -0.1) is 0 Å². The highest BCUT2D eigenvalue weighted by atomic mass is 16.3. The molecule has 0 spiro atoms. The number of aromatic amines is 1. The van der Waals surface area contributed by atoms with Gasteiger partial charge < -0.3 is 24.5 Å². The van der Waals surface area contributed by atoms with Crippen molar-refractivity contribution in [2.24, 2.45) is 0 Å². The first-order valence-corrected chi connectivity index (χ1v) is 8.34. The van der Waals surface area contributed by atoms with Gasteiger partial charge in [-0.05, 0) is 42.5 Å². The zero-order chi connectivity index (χ0) is 18.6. The molecule has 3 N–H and O–H groups in total. The molecule has 0 fully saturated rings. The number of benzene rings is 1. The molecule has 27 heavy (non-hydrogen) atoms. The number of nitrogens with one attached hydrogen (secondary N) is 3. The van der Waals surface area contributed by atoms with Crippen molar-refractivity contribution in [3.63, 3.8) is 0 Å². The monoisotopic (exact) mass is 364 g/mol. The Hall–Kier alpha value is -3.81. The van der Waals surface area contributed by atoms with E-state index in [1.807, 2.05) is 12.1 Å². The molecule has 0 aliphatic rings. The fraction of sp³-hybridized carbons (Fsp3) is 0.105. The molecule has 0 saturated heterocycles. The van der Waals surface area contributed by atoms with Crippen molar-refractivity contribution in [1.29, 1.82) is 0 Å². The van der Waals surface area contributed by atoms with Crippen LogP contribution in [0.4, 0.5) is 5.69 Å². The quantitative estimate of drug-likeness (QED) is 0.486. The number of H-pyrrole nitrogens is 1. The van der Waals surface area contributed by atoms with Crippen molar-refractivity contribution in [1.82, 2.24) is 15.3 Å². The average Bonchev–Trinajstić information content (AvgIpc) is 3.40. The van der Waals surface area contributed by atoms with Crippen LogP contribution in [0.5, 0.6) is 0 Å². The van der Waals surface area contributed by atoms with E-state index in [9.17, 15) is 9.59 Å². The maximum Gasteiger partial charge on any atom is 0.286 e.